The number of alkyl halides is 3. The van der Waals surface area contributed by atoms with Gasteiger partial charge in [-0.3, -0.25) is 0 Å². The van der Waals surface area contributed by atoms with E-state index in [9.17, 15) is 22.8 Å². The maximum Gasteiger partial charge on any atom is 0.573 e. The Hall–Kier alpha value is -3.75. The van der Waals surface area contributed by atoms with Gasteiger partial charge in [0.05, 0.1) is 5.56 Å². The average molecular weight is 490 g/mol. The first-order valence-corrected chi connectivity index (χ1v) is 10.6. The quantitative estimate of drug-likeness (QED) is 0.216. The van der Waals surface area contributed by atoms with Crippen molar-refractivity contribution in [2.75, 3.05) is 0 Å². The van der Waals surface area contributed by atoms with Crippen LogP contribution in [0.1, 0.15) is 34.6 Å². The molecule has 0 spiro atoms. The lowest BCUT2D eigenvalue weighted by molar-refractivity contribution is -0.274. The summed E-state index contributed by atoms with van der Waals surface area (Å²) in [6.45, 7) is 12.1. The third-order valence-corrected chi connectivity index (χ3v) is 5.63. The van der Waals surface area contributed by atoms with E-state index in [1.165, 1.54) is 12.1 Å². The van der Waals surface area contributed by atoms with Crippen LogP contribution in [0.2, 0.25) is 0 Å². The van der Waals surface area contributed by atoms with Gasteiger partial charge in [0.2, 0.25) is 0 Å². The van der Waals surface area contributed by atoms with Gasteiger partial charge in [-0.25, -0.2) is 9.59 Å². The fourth-order valence-corrected chi connectivity index (χ4v) is 3.05. The summed E-state index contributed by atoms with van der Waals surface area (Å²) in [4.78, 5) is 24.6. The minimum absolute atomic E-state index is 0.179. The van der Waals surface area contributed by atoms with Crippen molar-refractivity contribution >= 4 is 16.9 Å². The lowest BCUT2D eigenvalue weighted by atomic mass is 9.89. The number of hydrogen-bond acceptors (Lipinski definition) is 6. The van der Waals surface area contributed by atoms with E-state index in [4.69, 9.17) is 13.9 Å². The number of fused-ring (bicyclic) bond motifs is 1. The molecule has 0 saturated carbocycles. The summed E-state index contributed by atoms with van der Waals surface area (Å²) in [5, 5.41) is 0.577. The molecule has 0 radical (unpaired) electrons. The molecule has 0 atom stereocenters. The molecule has 0 amide bonds. The van der Waals surface area contributed by atoms with Gasteiger partial charge in [-0.2, -0.15) is 0 Å². The van der Waals surface area contributed by atoms with Gasteiger partial charge >= 0.3 is 18.0 Å². The third-order valence-electron chi connectivity index (χ3n) is 5.63. The summed E-state index contributed by atoms with van der Waals surface area (Å²) in [6.07, 6.45) is -4.81. The SMILES string of the molecule is C=C(C)C(=O)OC(C)(C)C(C)(C)Oc1ccc2cc(-c3ccc(OC(F)(F)F)cc3)c(=O)oc2c1. The second-order valence-electron chi connectivity index (χ2n) is 9.01. The number of halogens is 3. The summed E-state index contributed by atoms with van der Waals surface area (Å²) < 4.78 is 58.0. The molecule has 0 aliphatic heterocycles. The van der Waals surface area contributed by atoms with E-state index < -0.39 is 34.9 Å². The van der Waals surface area contributed by atoms with E-state index in [0.717, 1.165) is 12.1 Å². The van der Waals surface area contributed by atoms with Crippen LogP contribution in [-0.2, 0) is 9.53 Å². The number of ether oxygens (including phenoxy) is 3. The number of hydrogen-bond donors (Lipinski definition) is 0. The van der Waals surface area contributed by atoms with Crippen molar-refractivity contribution in [3.05, 3.63) is 71.1 Å². The van der Waals surface area contributed by atoms with Crippen molar-refractivity contribution in [3.8, 4) is 22.6 Å². The highest BCUT2D eigenvalue weighted by Gasteiger charge is 2.43. The van der Waals surface area contributed by atoms with Gasteiger partial charge in [0.1, 0.15) is 28.3 Å². The smallest absolute Gasteiger partial charge is 0.484 e. The number of carbonyl (C=O) groups is 1. The van der Waals surface area contributed by atoms with E-state index in [0.29, 0.717) is 16.7 Å². The summed E-state index contributed by atoms with van der Waals surface area (Å²) in [6, 6.07) is 11.4. The zero-order valence-electron chi connectivity index (χ0n) is 19.9. The van der Waals surface area contributed by atoms with Crippen molar-refractivity contribution in [2.45, 2.75) is 52.2 Å². The predicted molar refractivity (Wildman–Crippen MR) is 124 cm³/mol. The molecule has 0 saturated heterocycles. The van der Waals surface area contributed by atoms with Crippen LogP contribution in [0.3, 0.4) is 0 Å². The largest absolute Gasteiger partial charge is 0.573 e. The van der Waals surface area contributed by atoms with E-state index in [1.54, 1.807) is 58.9 Å². The van der Waals surface area contributed by atoms with Crippen LogP contribution in [-0.4, -0.2) is 23.5 Å². The van der Waals surface area contributed by atoms with Crippen LogP contribution >= 0.6 is 0 Å². The Bertz CT molecular complexity index is 1320. The fourth-order valence-electron chi connectivity index (χ4n) is 3.05. The van der Waals surface area contributed by atoms with Gasteiger partial charge in [-0.05, 0) is 70.5 Å². The molecule has 35 heavy (non-hydrogen) atoms. The maximum atomic E-state index is 12.6. The van der Waals surface area contributed by atoms with Gasteiger partial charge in [-0.15, -0.1) is 13.2 Å². The minimum Gasteiger partial charge on any atom is -0.484 e. The second kappa shape index (κ2) is 9.13. The van der Waals surface area contributed by atoms with Crippen molar-refractivity contribution in [3.63, 3.8) is 0 Å². The highest BCUT2D eigenvalue weighted by atomic mass is 19.4. The molecular weight excluding hydrogens is 465 g/mol. The number of benzene rings is 2. The van der Waals surface area contributed by atoms with E-state index >= 15 is 0 Å². The Labute approximate surface area is 199 Å². The standard InChI is InChI=1S/C26H25F3O6/c1-15(2)22(30)35-25(5,6)24(3,4)33-19-12-9-17-13-20(23(31)32-21(17)14-19)16-7-10-18(11-8-16)34-26(27,28)29/h7-14H,1H2,2-6H3. The molecular formula is C26H25F3O6. The van der Waals surface area contributed by atoms with Crippen LogP contribution in [0.4, 0.5) is 13.2 Å². The Morgan fingerprint density at radius 1 is 0.886 bits per heavy atom. The van der Waals surface area contributed by atoms with E-state index in [-0.39, 0.29) is 16.7 Å². The molecule has 1 heterocycles. The Kier molecular flexibility index (Phi) is 6.75. The Balaban J connectivity index is 1.87. The number of carbonyl (C=O) groups excluding carboxylic acids is 1. The Morgan fingerprint density at radius 3 is 2.06 bits per heavy atom. The summed E-state index contributed by atoms with van der Waals surface area (Å²) in [5.74, 6) is -0.555. The van der Waals surface area contributed by atoms with Crippen LogP contribution in [0.25, 0.3) is 22.1 Å². The lowest BCUT2D eigenvalue weighted by Crippen LogP contribution is -2.52. The molecule has 0 N–H and O–H groups in total. The highest BCUT2D eigenvalue weighted by Crippen LogP contribution is 2.33. The summed E-state index contributed by atoms with van der Waals surface area (Å²) in [5.41, 5.74) is -1.60. The first-order chi connectivity index (χ1) is 16.1. The molecule has 0 aliphatic rings. The average Bonchev–Trinajstić information content (AvgIpc) is 2.72. The minimum atomic E-state index is -4.81. The predicted octanol–water partition coefficient (Wildman–Crippen LogP) is 6.41. The monoisotopic (exact) mass is 490 g/mol. The fraction of sp³-hybridized carbons (Fsp3) is 0.308. The number of rotatable bonds is 7. The normalized spacial score (nSPS) is 12.3. The molecule has 0 bridgehead atoms. The van der Waals surface area contributed by atoms with Crippen molar-refractivity contribution < 1.29 is 36.6 Å². The number of esters is 1. The van der Waals surface area contributed by atoms with Crippen molar-refractivity contribution in [2.24, 2.45) is 0 Å². The maximum absolute atomic E-state index is 12.6. The zero-order chi connectivity index (χ0) is 26.2. The lowest BCUT2D eigenvalue weighted by Gasteiger charge is -2.40. The molecule has 6 nitrogen and oxygen atoms in total. The summed E-state index contributed by atoms with van der Waals surface area (Å²) in [7, 11) is 0. The second-order valence-corrected chi connectivity index (χ2v) is 9.01. The first kappa shape index (κ1) is 25.9. The topological polar surface area (TPSA) is 75.0 Å². The van der Waals surface area contributed by atoms with E-state index in [1.807, 2.05) is 0 Å². The third kappa shape index (κ3) is 6.03. The van der Waals surface area contributed by atoms with Crippen molar-refractivity contribution in [1.29, 1.82) is 0 Å². The van der Waals surface area contributed by atoms with Gasteiger partial charge in [0.15, 0.2) is 0 Å². The van der Waals surface area contributed by atoms with E-state index in [2.05, 4.69) is 11.3 Å². The molecule has 1 aromatic heterocycles. The zero-order valence-corrected chi connectivity index (χ0v) is 19.9. The highest BCUT2D eigenvalue weighted by molar-refractivity contribution is 5.87. The molecule has 3 aromatic rings. The molecule has 0 fully saturated rings. The van der Waals surface area contributed by atoms with Gasteiger partial charge in [-0.1, -0.05) is 18.7 Å². The molecule has 9 heteroatoms. The van der Waals surface area contributed by atoms with Crippen LogP contribution in [0, 0.1) is 0 Å². The van der Waals surface area contributed by atoms with Gasteiger partial charge in [0, 0.05) is 17.0 Å². The van der Waals surface area contributed by atoms with Crippen molar-refractivity contribution in [1.82, 2.24) is 0 Å². The molecule has 3 rings (SSSR count). The molecule has 0 unspecified atom stereocenters. The molecule has 0 aliphatic carbocycles. The van der Waals surface area contributed by atoms with Crippen LogP contribution < -0.4 is 15.1 Å². The van der Waals surface area contributed by atoms with Crippen LogP contribution in [0.5, 0.6) is 11.5 Å². The van der Waals surface area contributed by atoms with Gasteiger partial charge in [0.25, 0.3) is 0 Å². The summed E-state index contributed by atoms with van der Waals surface area (Å²) >= 11 is 0. The van der Waals surface area contributed by atoms with Gasteiger partial charge < -0.3 is 18.6 Å². The molecule has 186 valence electrons. The Morgan fingerprint density at radius 2 is 1.49 bits per heavy atom. The van der Waals surface area contributed by atoms with Crippen LogP contribution in [0.15, 0.2) is 69.9 Å². The molecule has 2 aromatic carbocycles. The first-order valence-electron chi connectivity index (χ1n) is 10.6.